The van der Waals surface area contributed by atoms with E-state index in [9.17, 15) is 13.2 Å². The number of ether oxygens (including phenoxy) is 2. The van der Waals surface area contributed by atoms with Gasteiger partial charge in [-0.3, -0.25) is 9.52 Å². The number of halogens is 1. The van der Waals surface area contributed by atoms with Crippen LogP contribution in [0.2, 0.25) is 0 Å². The maximum Gasteiger partial charge on any atom is 0.264 e. The summed E-state index contributed by atoms with van der Waals surface area (Å²) in [6.45, 7) is 1.34. The molecule has 1 heterocycles. The van der Waals surface area contributed by atoms with Crippen molar-refractivity contribution in [1.82, 2.24) is 0 Å². The molecule has 4 rings (SSSR count). The van der Waals surface area contributed by atoms with Crippen LogP contribution in [-0.4, -0.2) is 41.1 Å². The van der Waals surface area contributed by atoms with Crippen molar-refractivity contribution in [3.05, 3.63) is 71.2 Å². The number of nitrogens with zero attached hydrogens (tertiary/aromatic N) is 1. The highest BCUT2D eigenvalue weighted by Crippen LogP contribution is 2.32. The third-order valence-corrected chi connectivity index (χ3v) is 7.69. The molecule has 0 unspecified atom stereocenters. The smallest absolute Gasteiger partial charge is 0.264 e. The molecule has 1 saturated heterocycles. The lowest BCUT2D eigenvalue weighted by Crippen LogP contribution is -2.31. The summed E-state index contributed by atoms with van der Waals surface area (Å²) in [4.78, 5) is 14.7. The Bertz CT molecular complexity index is 1290. The lowest BCUT2D eigenvalue weighted by atomic mass is 10.1. The summed E-state index contributed by atoms with van der Waals surface area (Å²) in [5.74, 6) is 0.790. The fraction of sp³-hybridized carbons (Fsp3) is 0.269. The van der Waals surface area contributed by atoms with Crippen LogP contribution >= 0.6 is 15.9 Å². The van der Waals surface area contributed by atoms with Crippen LogP contribution < -0.4 is 24.4 Å². The second-order valence-corrected chi connectivity index (χ2v) is 10.9. The SMILES string of the molecule is COc1ccc(NS(=O)(=O)c2cc(NC(=O)COc3ccc(Br)cc3)ccc2N2CCCCC2)cc1. The molecule has 0 radical (unpaired) electrons. The number of rotatable bonds is 9. The zero-order valence-electron chi connectivity index (χ0n) is 19.9. The van der Waals surface area contributed by atoms with Gasteiger partial charge >= 0.3 is 0 Å². The zero-order chi connectivity index (χ0) is 25.5. The summed E-state index contributed by atoms with van der Waals surface area (Å²) in [5, 5.41) is 2.74. The van der Waals surface area contributed by atoms with Gasteiger partial charge < -0.3 is 19.7 Å². The minimum atomic E-state index is -3.95. The average Bonchev–Trinajstić information content (AvgIpc) is 2.89. The Balaban J connectivity index is 1.55. The fourth-order valence-corrected chi connectivity index (χ4v) is 5.52. The summed E-state index contributed by atoms with van der Waals surface area (Å²) in [5.41, 5.74) is 1.40. The van der Waals surface area contributed by atoms with Gasteiger partial charge in [0.05, 0.1) is 12.8 Å². The lowest BCUT2D eigenvalue weighted by Gasteiger charge is -2.30. The van der Waals surface area contributed by atoms with Crippen LogP contribution in [0.3, 0.4) is 0 Å². The van der Waals surface area contributed by atoms with Gasteiger partial charge in [-0.1, -0.05) is 15.9 Å². The highest BCUT2D eigenvalue weighted by molar-refractivity contribution is 9.10. The minimum Gasteiger partial charge on any atom is -0.497 e. The van der Waals surface area contributed by atoms with Crippen molar-refractivity contribution in [2.45, 2.75) is 24.2 Å². The van der Waals surface area contributed by atoms with Gasteiger partial charge in [0.15, 0.2) is 6.61 Å². The van der Waals surface area contributed by atoms with E-state index in [0.29, 0.717) is 28.6 Å². The molecule has 3 aromatic rings. The molecule has 0 aliphatic carbocycles. The number of nitrogens with one attached hydrogen (secondary N) is 2. The van der Waals surface area contributed by atoms with E-state index >= 15 is 0 Å². The molecule has 0 aromatic heterocycles. The first-order valence-electron chi connectivity index (χ1n) is 11.6. The van der Waals surface area contributed by atoms with E-state index in [0.717, 1.165) is 36.8 Å². The molecule has 36 heavy (non-hydrogen) atoms. The van der Waals surface area contributed by atoms with Gasteiger partial charge in [-0.05, 0) is 86.0 Å². The maximum atomic E-state index is 13.5. The Kier molecular flexibility index (Phi) is 8.37. The largest absolute Gasteiger partial charge is 0.497 e. The zero-order valence-corrected chi connectivity index (χ0v) is 22.3. The number of carbonyl (C=O) groups is 1. The van der Waals surface area contributed by atoms with E-state index in [-0.39, 0.29) is 11.5 Å². The van der Waals surface area contributed by atoms with Crippen LogP contribution in [0.5, 0.6) is 11.5 Å². The molecule has 10 heteroatoms. The highest BCUT2D eigenvalue weighted by atomic mass is 79.9. The Morgan fingerprint density at radius 2 is 1.56 bits per heavy atom. The van der Waals surface area contributed by atoms with Crippen LogP contribution in [0.25, 0.3) is 0 Å². The number of piperidine rings is 1. The van der Waals surface area contributed by atoms with Crippen molar-refractivity contribution in [3.8, 4) is 11.5 Å². The van der Waals surface area contributed by atoms with Crippen LogP contribution in [0, 0.1) is 0 Å². The van der Waals surface area contributed by atoms with Gasteiger partial charge in [-0.2, -0.15) is 0 Å². The van der Waals surface area contributed by atoms with E-state index in [1.165, 1.54) is 6.07 Å². The third kappa shape index (κ3) is 6.70. The van der Waals surface area contributed by atoms with Crippen molar-refractivity contribution >= 4 is 48.9 Å². The second-order valence-electron chi connectivity index (χ2n) is 8.35. The molecule has 190 valence electrons. The second kappa shape index (κ2) is 11.7. The summed E-state index contributed by atoms with van der Waals surface area (Å²) >= 11 is 3.36. The number of methoxy groups -OCH3 is 1. The molecule has 0 atom stereocenters. The fourth-order valence-electron chi connectivity index (χ4n) is 3.95. The van der Waals surface area contributed by atoms with Crippen molar-refractivity contribution in [3.63, 3.8) is 0 Å². The molecule has 8 nitrogen and oxygen atoms in total. The van der Waals surface area contributed by atoms with Gasteiger partial charge in [0.1, 0.15) is 16.4 Å². The van der Waals surface area contributed by atoms with Crippen LogP contribution in [0.1, 0.15) is 19.3 Å². The first-order chi connectivity index (χ1) is 17.3. The number of benzene rings is 3. The van der Waals surface area contributed by atoms with E-state index < -0.39 is 15.9 Å². The van der Waals surface area contributed by atoms with Crippen LogP contribution in [0.15, 0.2) is 76.1 Å². The molecule has 0 bridgehead atoms. The molecule has 0 spiro atoms. The first kappa shape index (κ1) is 25.8. The quantitative estimate of drug-likeness (QED) is 0.362. The molecule has 2 N–H and O–H groups in total. The molecule has 1 fully saturated rings. The van der Waals surface area contributed by atoms with Gasteiger partial charge in [0.25, 0.3) is 15.9 Å². The number of anilines is 3. The molecular weight excluding hydrogens is 546 g/mol. The standard InChI is InChI=1S/C26H28BrN3O5S/c1-34-22-12-7-20(8-13-22)29-36(32,33)25-17-21(9-14-24(25)30-15-3-2-4-16-30)28-26(31)18-35-23-10-5-19(27)6-11-23/h5-14,17,29H,2-4,15-16,18H2,1H3,(H,28,31). The Morgan fingerprint density at radius 1 is 0.917 bits per heavy atom. The number of amides is 1. The minimum absolute atomic E-state index is 0.104. The van der Waals surface area contributed by atoms with E-state index in [4.69, 9.17) is 9.47 Å². The highest BCUT2D eigenvalue weighted by Gasteiger charge is 2.24. The van der Waals surface area contributed by atoms with Gasteiger partial charge in [-0.25, -0.2) is 8.42 Å². The lowest BCUT2D eigenvalue weighted by molar-refractivity contribution is -0.118. The van der Waals surface area contributed by atoms with Crippen molar-refractivity contribution in [1.29, 1.82) is 0 Å². The Labute approximate surface area is 219 Å². The number of sulfonamides is 1. The van der Waals surface area contributed by atoms with Crippen LogP contribution in [0.4, 0.5) is 17.1 Å². The molecule has 1 amide bonds. The van der Waals surface area contributed by atoms with Gasteiger partial charge in [0, 0.05) is 28.9 Å². The first-order valence-corrected chi connectivity index (χ1v) is 13.9. The van der Waals surface area contributed by atoms with Crippen molar-refractivity contribution in [2.75, 3.05) is 41.7 Å². The average molecular weight is 574 g/mol. The number of hydrogen-bond donors (Lipinski definition) is 2. The van der Waals surface area contributed by atoms with Crippen molar-refractivity contribution in [2.24, 2.45) is 0 Å². The van der Waals surface area contributed by atoms with Gasteiger partial charge in [0.2, 0.25) is 0 Å². The predicted octanol–water partition coefficient (Wildman–Crippen LogP) is 5.27. The van der Waals surface area contributed by atoms with E-state index in [2.05, 4.69) is 30.9 Å². The molecular formula is C26H28BrN3O5S. The summed E-state index contributed by atoms with van der Waals surface area (Å²) in [6.07, 6.45) is 3.11. The molecule has 0 saturated carbocycles. The number of carbonyl (C=O) groups excluding carboxylic acids is 1. The molecule has 3 aromatic carbocycles. The van der Waals surface area contributed by atoms with Crippen molar-refractivity contribution < 1.29 is 22.7 Å². The summed E-state index contributed by atoms with van der Waals surface area (Å²) in [6, 6.07) is 18.8. The van der Waals surface area contributed by atoms with E-state index in [1.54, 1.807) is 55.6 Å². The maximum absolute atomic E-state index is 13.5. The Morgan fingerprint density at radius 3 is 2.22 bits per heavy atom. The van der Waals surface area contributed by atoms with E-state index in [1.807, 2.05) is 12.1 Å². The summed E-state index contributed by atoms with van der Waals surface area (Å²) < 4.78 is 41.2. The monoisotopic (exact) mass is 573 g/mol. The summed E-state index contributed by atoms with van der Waals surface area (Å²) in [7, 11) is -2.40. The van der Waals surface area contributed by atoms with Crippen LogP contribution in [-0.2, 0) is 14.8 Å². The molecule has 1 aliphatic heterocycles. The normalized spacial score (nSPS) is 13.7. The predicted molar refractivity (Wildman–Crippen MR) is 145 cm³/mol. The number of hydrogen-bond acceptors (Lipinski definition) is 6. The Hall–Kier alpha value is -3.24. The van der Waals surface area contributed by atoms with Gasteiger partial charge in [-0.15, -0.1) is 0 Å². The topological polar surface area (TPSA) is 97.0 Å². The third-order valence-electron chi connectivity index (χ3n) is 5.76. The molecule has 1 aliphatic rings.